The molecule has 0 aromatic carbocycles. The normalized spacial score (nSPS) is 21.7. The Morgan fingerprint density at radius 1 is 1.41 bits per heavy atom. The molecule has 2 saturated carbocycles. The van der Waals surface area contributed by atoms with Crippen LogP contribution < -0.4 is 0 Å². The first-order valence-electron chi connectivity index (χ1n) is 6.13. The van der Waals surface area contributed by atoms with E-state index in [0.717, 1.165) is 32.1 Å². The van der Waals surface area contributed by atoms with E-state index in [1.54, 1.807) is 7.11 Å². The highest BCUT2D eigenvalue weighted by Gasteiger charge is 2.42. The molecule has 0 saturated heterocycles. The van der Waals surface area contributed by atoms with Crippen LogP contribution in [0, 0.1) is 0 Å². The Hall–Kier alpha value is -1.10. The van der Waals surface area contributed by atoms with Gasteiger partial charge in [0.2, 0.25) is 5.91 Å². The summed E-state index contributed by atoms with van der Waals surface area (Å²) in [6.07, 6.45) is 5.08. The van der Waals surface area contributed by atoms with Crippen molar-refractivity contribution in [2.45, 2.75) is 50.2 Å². The van der Waals surface area contributed by atoms with Crippen molar-refractivity contribution in [2.24, 2.45) is 0 Å². The SMILES string of the molecule is COC1(CC(=O)N(CC(=O)O)C2CC2)CCC1. The van der Waals surface area contributed by atoms with Crippen molar-refractivity contribution in [3.63, 3.8) is 0 Å². The molecule has 5 heteroatoms. The highest BCUT2D eigenvalue weighted by molar-refractivity contribution is 5.82. The molecular weight excluding hydrogens is 222 g/mol. The quantitative estimate of drug-likeness (QED) is 0.754. The van der Waals surface area contributed by atoms with Crippen molar-refractivity contribution in [3.05, 3.63) is 0 Å². The molecule has 2 aliphatic carbocycles. The molecule has 0 aromatic rings. The second-order valence-electron chi connectivity index (χ2n) is 5.06. The van der Waals surface area contributed by atoms with Crippen LogP contribution in [-0.2, 0) is 14.3 Å². The van der Waals surface area contributed by atoms with E-state index in [0.29, 0.717) is 6.42 Å². The van der Waals surface area contributed by atoms with Gasteiger partial charge in [0.1, 0.15) is 6.54 Å². The van der Waals surface area contributed by atoms with E-state index in [1.807, 2.05) is 0 Å². The predicted molar refractivity (Wildman–Crippen MR) is 60.6 cm³/mol. The number of carbonyl (C=O) groups is 2. The van der Waals surface area contributed by atoms with E-state index in [4.69, 9.17) is 9.84 Å². The molecule has 2 rings (SSSR count). The molecule has 0 spiro atoms. The van der Waals surface area contributed by atoms with Crippen LogP contribution in [0.15, 0.2) is 0 Å². The van der Waals surface area contributed by atoms with Crippen molar-refractivity contribution < 1.29 is 19.4 Å². The maximum Gasteiger partial charge on any atom is 0.323 e. The fraction of sp³-hybridized carbons (Fsp3) is 0.833. The third-order valence-electron chi connectivity index (χ3n) is 3.78. The van der Waals surface area contributed by atoms with Crippen LogP contribution >= 0.6 is 0 Å². The van der Waals surface area contributed by atoms with Crippen LogP contribution in [0.25, 0.3) is 0 Å². The van der Waals surface area contributed by atoms with Gasteiger partial charge in [-0.25, -0.2) is 0 Å². The molecule has 5 nitrogen and oxygen atoms in total. The Kier molecular flexibility index (Phi) is 3.38. The average Bonchev–Trinajstić information content (AvgIpc) is 3.03. The van der Waals surface area contributed by atoms with Crippen molar-refractivity contribution in [2.75, 3.05) is 13.7 Å². The number of hydrogen-bond acceptors (Lipinski definition) is 3. The van der Waals surface area contributed by atoms with Gasteiger partial charge >= 0.3 is 5.97 Å². The summed E-state index contributed by atoms with van der Waals surface area (Å²) < 4.78 is 5.40. The van der Waals surface area contributed by atoms with Gasteiger partial charge in [0.05, 0.1) is 12.0 Å². The van der Waals surface area contributed by atoms with E-state index in [-0.39, 0.29) is 24.1 Å². The molecule has 0 aromatic heterocycles. The number of carboxylic acids is 1. The first-order chi connectivity index (χ1) is 8.06. The van der Waals surface area contributed by atoms with Crippen molar-refractivity contribution in [3.8, 4) is 0 Å². The molecule has 2 fully saturated rings. The van der Waals surface area contributed by atoms with Crippen molar-refractivity contribution >= 4 is 11.9 Å². The van der Waals surface area contributed by atoms with E-state index in [2.05, 4.69) is 0 Å². The van der Waals surface area contributed by atoms with Crippen molar-refractivity contribution in [1.29, 1.82) is 0 Å². The number of rotatable bonds is 6. The Morgan fingerprint density at radius 3 is 2.41 bits per heavy atom. The molecule has 0 heterocycles. The van der Waals surface area contributed by atoms with Crippen LogP contribution in [0.4, 0.5) is 0 Å². The maximum absolute atomic E-state index is 12.1. The maximum atomic E-state index is 12.1. The Balaban J connectivity index is 1.94. The number of carbonyl (C=O) groups excluding carboxylic acids is 1. The molecule has 0 unspecified atom stereocenters. The number of aliphatic carboxylic acids is 1. The van der Waals surface area contributed by atoms with E-state index < -0.39 is 5.97 Å². The lowest BCUT2D eigenvalue weighted by Crippen LogP contribution is -2.46. The summed E-state index contributed by atoms with van der Waals surface area (Å²) in [5.41, 5.74) is -0.317. The zero-order valence-electron chi connectivity index (χ0n) is 10.1. The number of methoxy groups -OCH3 is 1. The second-order valence-corrected chi connectivity index (χ2v) is 5.06. The lowest BCUT2D eigenvalue weighted by atomic mass is 9.77. The van der Waals surface area contributed by atoms with Gasteiger partial charge in [0, 0.05) is 13.2 Å². The highest BCUT2D eigenvalue weighted by Crippen LogP contribution is 2.39. The number of carboxylic acid groups (broad SMARTS) is 1. The number of hydrogen-bond donors (Lipinski definition) is 1. The topological polar surface area (TPSA) is 66.8 Å². The average molecular weight is 241 g/mol. The lowest BCUT2D eigenvalue weighted by Gasteiger charge is -2.41. The van der Waals surface area contributed by atoms with Gasteiger partial charge in [-0.2, -0.15) is 0 Å². The van der Waals surface area contributed by atoms with Crippen LogP contribution in [0.5, 0.6) is 0 Å². The van der Waals surface area contributed by atoms with E-state index in [9.17, 15) is 9.59 Å². The molecule has 0 atom stereocenters. The standard InChI is InChI=1S/C12H19NO4/c1-17-12(5-2-6-12)7-10(14)13(8-11(15)16)9-3-4-9/h9H,2-8H2,1H3,(H,15,16). The molecule has 0 aliphatic heterocycles. The van der Waals surface area contributed by atoms with Gasteiger partial charge in [0.25, 0.3) is 0 Å². The zero-order valence-corrected chi connectivity index (χ0v) is 10.1. The minimum Gasteiger partial charge on any atom is -0.480 e. The van der Waals surface area contributed by atoms with Gasteiger partial charge in [-0.1, -0.05) is 0 Å². The summed E-state index contributed by atoms with van der Waals surface area (Å²) >= 11 is 0. The molecule has 2 aliphatic rings. The molecule has 1 amide bonds. The summed E-state index contributed by atoms with van der Waals surface area (Å²) in [6.45, 7) is -0.177. The monoisotopic (exact) mass is 241 g/mol. The summed E-state index contributed by atoms with van der Waals surface area (Å²) in [4.78, 5) is 24.4. The van der Waals surface area contributed by atoms with Crippen LogP contribution in [0.2, 0.25) is 0 Å². The number of amides is 1. The number of ether oxygens (including phenoxy) is 1. The van der Waals surface area contributed by atoms with Gasteiger partial charge in [-0.05, 0) is 32.1 Å². The third-order valence-corrected chi connectivity index (χ3v) is 3.78. The Morgan fingerprint density at radius 2 is 2.06 bits per heavy atom. The predicted octanol–water partition coefficient (Wildman–Crippen LogP) is 1.02. The van der Waals surface area contributed by atoms with Crippen molar-refractivity contribution in [1.82, 2.24) is 4.90 Å². The summed E-state index contributed by atoms with van der Waals surface area (Å²) in [7, 11) is 1.63. The first-order valence-corrected chi connectivity index (χ1v) is 6.13. The third kappa shape index (κ3) is 2.77. The minimum absolute atomic E-state index is 0.0727. The Labute approximate surface area is 101 Å². The smallest absolute Gasteiger partial charge is 0.323 e. The summed E-state index contributed by atoms with van der Waals surface area (Å²) in [5.74, 6) is -1.01. The van der Waals surface area contributed by atoms with Crippen LogP contribution in [0.3, 0.4) is 0 Å². The molecule has 0 bridgehead atoms. The molecule has 1 N–H and O–H groups in total. The van der Waals surface area contributed by atoms with Crippen LogP contribution in [0.1, 0.15) is 38.5 Å². The van der Waals surface area contributed by atoms with E-state index >= 15 is 0 Å². The largest absolute Gasteiger partial charge is 0.480 e. The minimum atomic E-state index is -0.940. The molecular formula is C12H19NO4. The highest BCUT2D eigenvalue weighted by atomic mass is 16.5. The first kappa shape index (κ1) is 12.4. The lowest BCUT2D eigenvalue weighted by molar-refractivity contribution is -0.151. The van der Waals surface area contributed by atoms with E-state index in [1.165, 1.54) is 4.90 Å². The van der Waals surface area contributed by atoms with Gasteiger partial charge in [-0.15, -0.1) is 0 Å². The fourth-order valence-electron chi connectivity index (χ4n) is 2.35. The second kappa shape index (κ2) is 4.64. The molecule has 96 valence electrons. The number of nitrogens with zero attached hydrogens (tertiary/aromatic N) is 1. The fourth-order valence-corrected chi connectivity index (χ4v) is 2.35. The Bertz CT molecular complexity index is 315. The zero-order chi connectivity index (χ0) is 12.5. The molecule has 17 heavy (non-hydrogen) atoms. The van der Waals surface area contributed by atoms with Gasteiger partial charge in [0.15, 0.2) is 0 Å². The van der Waals surface area contributed by atoms with Gasteiger partial charge < -0.3 is 14.7 Å². The van der Waals surface area contributed by atoms with Gasteiger partial charge in [-0.3, -0.25) is 9.59 Å². The van der Waals surface area contributed by atoms with Crippen LogP contribution in [-0.4, -0.2) is 47.2 Å². The molecule has 0 radical (unpaired) electrons. The summed E-state index contributed by atoms with van der Waals surface area (Å²) in [5, 5.41) is 8.81. The summed E-state index contributed by atoms with van der Waals surface area (Å²) in [6, 6.07) is 0.146.